The monoisotopic (exact) mass is 156 g/mol. The summed E-state index contributed by atoms with van der Waals surface area (Å²) in [7, 11) is 2.39. The Morgan fingerprint density at radius 2 is 1.55 bits per heavy atom. The molecule has 0 bridgehead atoms. The zero-order valence-corrected chi connectivity index (χ0v) is 8.59. The Bertz CT molecular complexity index is 132. The molecule has 2 unspecified atom stereocenters. The van der Waals surface area contributed by atoms with Crippen molar-refractivity contribution in [3.05, 3.63) is 0 Å². The van der Waals surface area contributed by atoms with Crippen molar-refractivity contribution in [3.8, 4) is 0 Å². The fourth-order valence-corrected chi connectivity index (χ4v) is 2.81. The summed E-state index contributed by atoms with van der Waals surface area (Å²) >= 11 is 0. The Kier molecular flexibility index (Phi) is 2.29. The second kappa shape index (κ2) is 2.78. The summed E-state index contributed by atoms with van der Waals surface area (Å²) in [6, 6.07) is 1.78. The van der Waals surface area contributed by atoms with Gasteiger partial charge in [-0.3, -0.25) is 0 Å². The van der Waals surface area contributed by atoms with Crippen molar-refractivity contribution in [2.75, 3.05) is 13.6 Å². The van der Waals surface area contributed by atoms with Crippen LogP contribution in [0.2, 0.25) is 0 Å². The van der Waals surface area contributed by atoms with Crippen LogP contribution in [0.5, 0.6) is 0 Å². The standard InChI is InChI=1S/C10H22N/c1-6-10-8(3)11(5,7-2)9(10)4/h8-10H,6-7H2,1-5H3/q+1. The number of rotatable bonds is 2. The smallest absolute Gasteiger partial charge is 0.0947 e. The summed E-state index contributed by atoms with van der Waals surface area (Å²) in [5.41, 5.74) is 0. The third-order valence-corrected chi connectivity index (χ3v) is 4.25. The van der Waals surface area contributed by atoms with Gasteiger partial charge in [0.25, 0.3) is 0 Å². The van der Waals surface area contributed by atoms with Gasteiger partial charge in [0.2, 0.25) is 0 Å². The molecule has 0 spiro atoms. The number of hydrogen-bond donors (Lipinski definition) is 0. The summed E-state index contributed by atoms with van der Waals surface area (Å²) in [6.07, 6.45) is 1.36. The van der Waals surface area contributed by atoms with Crippen LogP contribution < -0.4 is 0 Å². The van der Waals surface area contributed by atoms with Crippen LogP contribution in [0, 0.1) is 5.92 Å². The van der Waals surface area contributed by atoms with Crippen LogP contribution in [-0.2, 0) is 0 Å². The van der Waals surface area contributed by atoms with Crippen LogP contribution in [0.4, 0.5) is 0 Å². The molecule has 1 heteroatoms. The minimum absolute atomic E-state index is 0.889. The van der Waals surface area contributed by atoms with Gasteiger partial charge < -0.3 is 4.48 Å². The number of hydrogen-bond acceptors (Lipinski definition) is 0. The maximum atomic E-state index is 2.40. The predicted molar refractivity (Wildman–Crippen MR) is 49.4 cm³/mol. The first-order valence-electron chi connectivity index (χ1n) is 4.92. The lowest BCUT2D eigenvalue weighted by Crippen LogP contribution is -2.72. The molecule has 66 valence electrons. The van der Waals surface area contributed by atoms with E-state index in [1.54, 1.807) is 0 Å². The van der Waals surface area contributed by atoms with E-state index in [9.17, 15) is 0 Å². The molecule has 1 aliphatic heterocycles. The normalized spacial score (nSPS) is 50.5. The highest BCUT2D eigenvalue weighted by Gasteiger charge is 2.52. The Labute approximate surface area is 71.0 Å². The highest BCUT2D eigenvalue weighted by molar-refractivity contribution is 4.82. The molecule has 1 fully saturated rings. The van der Waals surface area contributed by atoms with E-state index in [-0.39, 0.29) is 0 Å². The average molecular weight is 156 g/mol. The fraction of sp³-hybridized carbons (Fsp3) is 1.00. The van der Waals surface area contributed by atoms with Crippen LogP contribution >= 0.6 is 0 Å². The largest absolute Gasteiger partial charge is 0.321 e. The first-order chi connectivity index (χ1) is 5.07. The second-order valence-corrected chi connectivity index (χ2v) is 4.22. The molecule has 1 rings (SSSR count). The Morgan fingerprint density at radius 3 is 1.82 bits per heavy atom. The first-order valence-corrected chi connectivity index (χ1v) is 4.92. The molecule has 11 heavy (non-hydrogen) atoms. The van der Waals surface area contributed by atoms with Crippen molar-refractivity contribution < 1.29 is 4.48 Å². The molecular formula is C10H22N+. The Hall–Kier alpha value is -0.0400. The molecule has 0 aliphatic carbocycles. The van der Waals surface area contributed by atoms with Crippen LogP contribution in [0.1, 0.15) is 34.1 Å². The van der Waals surface area contributed by atoms with Crippen molar-refractivity contribution in [1.82, 2.24) is 0 Å². The zero-order chi connectivity index (χ0) is 8.65. The van der Waals surface area contributed by atoms with Gasteiger partial charge in [-0.05, 0) is 27.2 Å². The summed E-state index contributed by atoms with van der Waals surface area (Å²) in [5, 5.41) is 0. The quantitative estimate of drug-likeness (QED) is 0.538. The topological polar surface area (TPSA) is 0 Å². The zero-order valence-electron chi connectivity index (χ0n) is 8.59. The number of likely N-dealkylation sites (tertiary alicyclic amines) is 1. The molecule has 0 N–H and O–H groups in total. The second-order valence-electron chi connectivity index (χ2n) is 4.22. The van der Waals surface area contributed by atoms with Crippen molar-refractivity contribution in [1.29, 1.82) is 0 Å². The summed E-state index contributed by atoms with van der Waals surface area (Å²) in [6.45, 7) is 10.7. The lowest BCUT2D eigenvalue weighted by atomic mass is 9.77. The third kappa shape index (κ3) is 1.01. The van der Waals surface area contributed by atoms with E-state index in [0.717, 1.165) is 18.0 Å². The predicted octanol–water partition coefficient (Wildman–Crippen LogP) is 2.27. The van der Waals surface area contributed by atoms with Crippen LogP contribution in [0.3, 0.4) is 0 Å². The van der Waals surface area contributed by atoms with Crippen LogP contribution in [0.25, 0.3) is 0 Å². The third-order valence-electron chi connectivity index (χ3n) is 4.25. The van der Waals surface area contributed by atoms with Crippen molar-refractivity contribution in [2.24, 2.45) is 5.92 Å². The van der Waals surface area contributed by atoms with E-state index >= 15 is 0 Å². The average Bonchev–Trinajstić information content (AvgIpc) is 2.04. The number of quaternary nitrogens is 1. The first kappa shape index (κ1) is 9.05. The van der Waals surface area contributed by atoms with Gasteiger partial charge in [-0.15, -0.1) is 0 Å². The van der Waals surface area contributed by atoms with Crippen molar-refractivity contribution in [2.45, 2.75) is 46.2 Å². The Balaban J connectivity index is 2.62. The maximum absolute atomic E-state index is 2.40. The molecule has 1 nitrogen and oxygen atoms in total. The molecule has 0 saturated carbocycles. The van der Waals surface area contributed by atoms with Gasteiger partial charge in [0.1, 0.15) is 0 Å². The molecule has 1 saturated heterocycles. The van der Waals surface area contributed by atoms with Crippen molar-refractivity contribution in [3.63, 3.8) is 0 Å². The lowest BCUT2D eigenvalue weighted by Gasteiger charge is -2.59. The molecule has 0 amide bonds. The molecule has 1 heterocycles. The fourth-order valence-electron chi connectivity index (χ4n) is 2.81. The maximum Gasteiger partial charge on any atom is 0.0947 e. The molecule has 0 aromatic carbocycles. The van der Waals surface area contributed by atoms with Gasteiger partial charge in [-0.2, -0.15) is 0 Å². The molecular weight excluding hydrogens is 134 g/mol. The summed E-state index contributed by atoms with van der Waals surface area (Å²) in [4.78, 5) is 0. The van der Waals surface area contributed by atoms with Gasteiger partial charge in [-0.1, -0.05) is 6.92 Å². The van der Waals surface area contributed by atoms with Crippen LogP contribution in [-0.4, -0.2) is 30.2 Å². The van der Waals surface area contributed by atoms with E-state index in [1.807, 2.05) is 0 Å². The molecule has 0 aromatic heterocycles. The Morgan fingerprint density at radius 1 is 1.09 bits per heavy atom. The molecule has 1 aliphatic rings. The van der Waals surface area contributed by atoms with Crippen molar-refractivity contribution >= 4 is 0 Å². The molecule has 2 atom stereocenters. The number of nitrogens with zero attached hydrogens (tertiary/aromatic N) is 1. The molecule has 0 aromatic rings. The minimum Gasteiger partial charge on any atom is -0.321 e. The summed E-state index contributed by atoms with van der Waals surface area (Å²) < 4.78 is 1.29. The van der Waals surface area contributed by atoms with Gasteiger partial charge in [0, 0.05) is 0 Å². The highest BCUT2D eigenvalue weighted by atomic mass is 15.4. The van der Waals surface area contributed by atoms with E-state index in [4.69, 9.17) is 0 Å². The molecule has 0 radical (unpaired) electrons. The highest BCUT2D eigenvalue weighted by Crippen LogP contribution is 2.40. The SMILES string of the molecule is CCC1C(C)[N+](C)(CC)C1C. The summed E-state index contributed by atoms with van der Waals surface area (Å²) in [5.74, 6) is 0.972. The van der Waals surface area contributed by atoms with Gasteiger partial charge in [0.15, 0.2) is 0 Å². The lowest BCUT2D eigenvalue weighted by molar-refractivity contribution is -1.00. The van der Waals surface area contributed by atoms with E-state index in [1.165, 1.54) is 17.4 Å². The van der Waals surface area contributed by atoms with E-state index in [0.29, 0.717) is 0 Å². The minimum atomic E-state index is 0.889. The van der Waals surface area contributed by atoms with E-state index < -0.39 is 0 Å². The van der Waals surface area contributed by atoms with Gasteiger partial charge in [0.05, 0.1) is 31.6 Å². The van der Waals surface area contributed by atoms with Gasteiger partial charge >= 0.3 is 0 Å². The van der Waals surface area contributed by atoms with Crippen LogP contribution in [0.15, 0.2) is 0 Å². The van der Waals surface area contributed by atoms with Gasteiger partial charge in [-0.25, -0.2) is 0 Å². The van der Waals surface area contributed by atoms with E-state index in [2.05, 4.69) is 34.7 Å².